The number of nitrogens with zero attached hydrogens (tertiary/aromatic N) is 1. The Hall–Kier alpha value is -1.71. The molecule has 1 rings (SSSR count). The Balaban J connectivity index is 2.99. The first-order valence-electron chi connectivity index (χ1n) is 6.00. The molecule has 0 aromatic heterocycles. The van der Waals surface area contributed by atoms with Gasteiger partial charge in [-0.3, -0.25) is 4.79 Å². The number of hydrogen-bond acceptors (Lipinski definition) is 3. The number of carbonyl (C=O) groups excluding carboxylic acids is 1. The highest BCUT2D eigenvalue weighted by Crippen LogP contribution is 2.24. The maximum absolute atomic E-state index is 11.5. The Kier molecular flexibility index (Phi) is 4.82. The van der Waals surface area contributed by atoms with E-state index in [2.05, 4.69) is 24.1 Å². The standard InChI is InChI=1S/C13H21N3O/c1-4-8-16(5-2)12-7-6-10(9-11(12)14)13(17)15-3/h6-7,9H,4-5,8,14H2,1-3H3,(H,15,17). The van der Waals surface area contributed by atoms with Gasteiger partial charge in [0.1, 0.15) is 0 Å². The molecule has 4 nitrogen and oxygen atoms in total. The average Bonchev–Trinajstić information content (AvgIpc) is 2.35. The van der Waals surface area contributed by atoms with Gasteiger partial charge in [0.15, 0.2) is 0 Å². The zero-order valence-corrected chi connectivity index (χ0v) is 10.8. The normalized spacial score (nSPS) is 10.1. The molecule has 0 aliphatic rings. The summed E-state index contributed by atoms with van der Waals surface area (Å²) in [4.78, 5) is 13.7. The smallest absolute Gasteiger partial charge is 0.251 e. The first-order chi connectivity index (χ1) is 8.13. The molecule has 0 atom stereocenters. The minimum absolute atomic E-state index is 0.109. The molecular weight excluding hydrogens is 214 g/mol. The van der Waals surface area contributed by atoms with Crippen molar-refractivity contribution >= 4 is 17.3 Å². The lowest BCUT2D eigenvalue weighted by Crippen LogP contribution is -2.25. The number of hydrogen-bond donors (Lipinski definition) is 2. The van der Waals surface area contributed by atoms with Crippen molar-refractivity contribution < 1.29 is 4.79 Å². The number of anilines is 2. The van der Waals surface area contributed by atoms with Crippen LogP contribution in [0.25, 0.3) is 0 Å². The molecule has 0 saturated heterocycles. The van der Waals surface area contributed by atoms with Crippen molar-refractivity contribution in [2.24, 2.45) is 0 Å². The topological polar surface area (TPSA) is 58.4 Å². The van der Waals surface area contributed by atoms with Crippen molar-refractivity contribution in [3.63, 3.8) is 0 Å². The summed E-state index contributed by atoms with van der Waals surface area (Å²) in [6.07, 6.45) is 1.07. The molecule has 0 saturated carbocycles. The average molecular weight is 235 g/mol. The van der Waals surface area contributed by atoms with E-state index < -0.39 is 0 Å². The Labute approximate surface area is 103 Å². The molecule has 3 N–H and O–H groups in total. The van der Waals surface area contributed by atoms with Crippen LogP contribution in [0.4, 0.5) is 11.4 Å². The van der Waals surface area contributed by atoms with Crippen LogP contribution in [-0.2, 0) is 0 Å². The van der Waals surface area contributed by atoms with E-state index in [1.807, 2.05) is 12.1 Å². The van der Waals surface area contributed by atoms with Crippen LogP contribution >= 0.6 is 0 Å². The van der Waals surface area contributed by atoms with Crippen LogP contribution < -0.4 is 16.0 Å². The summed E-state index contributed by atoms with van der Waals surface area (Å²) >= 11 is 0. The minimum Gasteiger partial charge on any atom is -0.397 e. The van der Waals surface area contributed by atoms with Gasteiger partial charge in [-0.25, -0.2) is 0 Å². The molecule has 0 aliphatic heterocycles. The molecular formula is C13H21N3O. The van der Waals surface area contributed by atoms with Gasteiger partial charge in [0.25, 0.3) is 5.91 Å². The highest BCUT2D eigenvalue weighted by atomic mass is 16.1. The number of amides is 1. The maximum Gasteiger partial charge on any atom is 0.251 e. The quantitative estimate of drug-likeness (QED) is 0.766. The Morgan fingerprint density at radius 1 is 1.41 bits per heavy atom. The van der Waals surface area contributed by atoms with Crippen LogP contribution in [-0.4, -0.2) is 26.0 Å². The minimum atomic E-state index is -0.109. The van der Waals surface area contributed by atoms with Crippen molar-refractivity contribution in [1.82, 2.24) is 5.32 Å². The van der Waals surface area contributed by atoms with Crippen LogP contribution in [0.5, 0.6) is 0 Å². The summed E-state index contributed by atoms with van der Waals surface area (Å²) in [7, 11) is 1.61. The fraction of sp³-hybridized carbons (Fsp3) is 0.462. The summed E-state index contributed by atoms with van der Waals surface area (Å²) in [5.74, 6) is -0.109. The number of benzene rings is 1. The monoisotopic (exact) mass is 235 g/mol. The van der Waals surface area contributed by atoms with Gasteiger partial charge >= 0.3 is 0 Å². The zero-order valence-electron chi connectivity index (χ0n) is 10.8. The van der Waals surface area contributed by atoms with Gasteiger partial charge in [-0.1, -0.05) is 6.92 Å². The molecule has 0 spiro atoms. The number of rotatable bonds is 5. The van der Waals surface area contributed by atoms with Crippen molar-refractivity contribution in [3.05, 3.63) is 23.8 Å². The molecule has 1 amide bonds. The summed E-state index contributed by atoms with van der Waals surface area (Å²) in [6, 6.07) is 5.45. The summed E-state index contributed by atoms with van der Waals surface area (Å²) in [6.45, 7) is 6.12. The second-order valence-electron chi connectivity index (χ2n) is 3.93. The van der Waals surface area contributed by atoms with E-state index in [-0.39, 0.29) is 5.91 Å². The van der Waals surface area contributed by atoms with Crippen molar-refractivity contribution in [2.75, 3.05) is 30.8 Å². The third-order valence-corrected chi connectivity index (χ3v) is 2.73. The van der Waals surface area contributed by atoms with Gasteiger partial charge in [0, 0.05) is 25.7 Å². The van der Waals surface area contributed by atoms with E-state index in [1.165, 1.54) is 0 Å². The molecule has 0 aliphatic carbocycles. The van der Waals surface area contributed by atoms with Crippen LogP contribution in [0.2, 0.25) is 0 Å². The van der Waals surface area contributed by atoms with Crippen LogP contribution in [0, 0.1) is 0 Å². The first-order valence-corrected chi connectivity index (χ1v) is 6.00. The second-order valence-corrected chi connectivity index (χ2v) is 3.93. The van der Waals surface area contributed by atoms with E-state index in [0.717, 1.165) is 25.2 Å². The lowest BCUT2D eigenvalue weighted by Gasteiger charge is -2.24. The highest BCUT2D eigenvalue weighted by Gasteiger charge is 2.10. The molecule has 94 valence electrons. The molecule has 0 radical (unpaired) electrons. The van der Waals surface area contributed by atoms with E-state index in [0.29, 0.717) is 11.3 Å². The van der Waals surface area contributed by atoms with Crippen LogP contribution in [0.1, 0.15) is 30.6 Å². The fourth-order valence-electron chi connectivity index (χ4n) is 1.85. The summed E-state index contributed by atoms with van der Waals surface area (Å²) in [5.41, 5.74) is 8.25. The second kappa shape index (κ2) is 6.13. The fourth-order valence-corrected chi connectivity index (χ4v) is 1.85. The van der Waals surface area contributed by atoms with E-state index in [9.17, 15) is 4.79 Å². The molecule has 0 bridgehead atoms. The third-order valence-electron chi connectivity index (χ3n) is 2.73. The van der Waals surface area contributed by atoms with Gasteiger partial charge in [-0.05, 0) is 31.5 Å². The maximum atomic E-state index is 11.5. The van der Waals surface area contributed by atoms with Crippen molar-refractivity contribution in [1.29, 1.82) is 0 Å². The SMILES string of the molecule is CCCN(CC)c1ccc(C(=O)NC)cc1N. The van der Waals surface area contributed by atoms with Crippen LogP contribution in [0.3, 0.4) is 0 Å². The Morgan fingerprint density at radius 3 is 2.59 bits per heavy atom. The van der Waals surface area contributed by atoms with Crippen molar-refractivity contribution in [3.8, 4) is 0 Å². The first kappa shape index (κ1) is 13.4. The molecule has 0 unspecified atom stereocenters. The molecule has 17 heavy (non-hydrogen) atoms. The van der Waals surface area contributed by atoms with Gasteiger partial charge in [-0.15, -0.1) is 0 Å². The Morgan fingerprint density at radius 2 is 2.12 bits per heavy atom. The largest absolute Gasteiger partial charge is 0.397 e. The number of carbonyl (C=O) groups is 1. The molecule has 1 aromatic carbocycles. The lowest BCUT2D eigenvalue weighted by molar-refractivity contribution is 0.0963. The third kappa shape index (κ3) is 3.12. The Bertz CT molecular complexity index is 390. The van der Waals surface area contributed by atoms with Crippen LogP contribution in [0.15, 0.2) is 18.2 Å². The van der Waals surface area contributed by atoms with Gasteiger partial charge in [0.05, 0.1) is 11.4 Å². The number of nitrogens with two attached hydrogens (primary N) is 1. The molecule has 1 aromatic rings. The molecule has 0 heterocycles. The van der Waals surface area contributed by atoms with E-state index >= 15 is 0 Å². The highest BCUT2D eigenvalue weighted by molar-refractivity contribution is 5.96. The lowest BCUT2D eigenvalue weighted by atomic mass is 10.1. The summed E-state index contributed by atoms with van der Waals surface area (Å²) in [5, 5.41) is 2.59. The number of nitrogen functional groups attached to an aromatic ring is 1. The molecule has 4 heteroatoms. The summed E-state index contributed by atoms with van der Waals surface area (Å²) < 4.78 is 0. The van der Waals surface area contributed by atoms with Gasteiger partial charge in [-0.2, -0.15) is 0 Å². The zero-order chi connectivity index (χ0) is 12.8. The molecule has 0 fully saturated rings. The van der Waals surface area contributed by atoms with Gasteiger partial charge < -0.3 is 16.0 Å². The van der Waals surface area contributed by atoms with E-state index in [1.54, 1.807) is 13.1 Å². The van der Waals surface area contributed by atoms with E-state index in [4.69, 9.17) is 5.73 Å². The van der Waals surface area contributed by atoms with Crippen molar-refractivity contribution in [2.45, 2.75) is 20.3 Å². The predicted molar refractivity (Wildman–Crippen MR) is 72.4 cm³/mol. The predicted octanol–water partition coefficient (Wildman–Crippen LogP) is 1.86. The van der Waals surface area contributed by atoms with Gasteiger partial charge in [0.2, 0.25) is 0 Å². The number of nitrogens with one attached hydrogen (secondary N) is 1.